The van der Waals surface area contributed by atoms with Gasteiger partial charge in [0.15, 0.2) is 17.5 Å². The number of hydrogen-bond donors (Lipinski definition) is 0. The Bertz CT molecular complexity index is 3150. The molecular weight excluding hydrogens is 685 g/mol. The maximum Gasteiger partial charge on any atom is 0.167 e. The fourth-order valence-corrected chi connectivity index (χ4v) is 8.75. The molecule has 10 rings (SSSR count). The minimum absolute atomic E-state index is 0.161. The molecule has 10 heteroatoms. The molecule has 0 bridgehead atoms. The second-order valence-corrected chi connectivity index (χ2v) is 14.5. The Morgan fingerprint density at radius 3 is 1.80 bits per heavy atom. The van der Waals surface area contributed by atoms with E-state index in [9.17, 15) is 0 Å². The molecule has 244 valence electrons. The average molecular weight is 707 g/mol. The maximum absolute atomic E-state index is 6.74. The van der Waals surface area contributed by atoms with E-state index in [1.165, 1.54) is 20.2 Å². The summed E-state index contributed by atoms with van der Waals surface area (Å²) in [5, 5.41) is 4.50. The summed E-state index contributed by atoms with van der Waals surface area (Å²) in [6.45, 7) is 0. The Balaban J connectivity index is 1.18. The fourth-order valence-electron chi connectivity index (χ4n) is 7.52. The van der Waals surface area contributed by atoms with Gasteiger partial charge in [0, 0.05) is 47.6 Å². The summed E-state index contributed by atoms with van der Waals surface area (Å²) in [5.41, 5.74) is 8.24. The molecule has 4 nitrogen and oxygen atoms in total. The lowest BCUT2D eigenvalue weighted by Crippen LogP contribution is -2.55. The molecule has 0 aliphatic rings. The summed E-state index contributed by atoms with van der Waals surface area (Å²) in [7, 11) is 31.5. The fraction of sp³-hybridized carbons (Fsp3) is 0. The molecule has 0 N–H and O–H groups in total. The third-order valence-corrected chi connectivity index (χ3v) is 11.5. The highest BCUT2D eigenvalue weighted by molar-refractivity contribution is 7.26. The topological polar surface area (TPSA) is 51.8 Å². The molecule has 0 aliphatic carbocycles. The van der Waals surface area contributed by atoms with Gasteiger partial charge < -0.3 is 4.42 Å². The third kappa shape index (κ3) is 5.38. The lowest BCUT2D eigenvalue weighted by molar-refractivity contribution is 0.669. The zero-order chi connectivity index (χ0) is 37.4. The van der Waals surface area contributed by atoms with Crippen molar-refractivity contribution in [1.82, 2.24) is 15.0 Å². The number of rotatable bonds is 5. The summed E-state index contributed by atoms with van der Waals surface area (Å²) in [6, 6.07) is 44.9. The number of fused-ring (bicyclic) bond motifs is 6. The summed E-state index contributed by atoms with van der Waals surface area (Å²) < 4.78 is 9.24. The van der Waals surface area contributed by atoms with Crippen LogP contribution in [-0.2, 0) is 0 Å². The van der Waals surface area contributed by atoms with Crippen molar-refractivity contribution in [3.8, 4) is 56.4 Å². The van der Waals surface area contributed by atoms with E-state index in [-0.39, 0.29) is 27.3 Å². The molecule has 0 unspecified atom stereocenters. The minimum Gasteiger partial charge on any atom is -0.455 e. The van der Waals surface area contributed by atoms with Crippen LogP contribution in [-0.4, -0.2) is 54.2 Å². The van der Waals surface area contributed by atoms with Crippen LogP contribution in [0.15, 0.2) is 138 Å². The molecule has 0 saturated carbocycles. The van der Waals surface area contributed by atoms with Crippen LogP contribution in [0.1, 0.15) is 0 Å². The largest absolute Gasteiger partial charge is 0.455 e. The Morgan fingerprint density at radius 2 is 1.00 bits per heavy atom. The molecule has 55 heavy (non-hydrogen) atoms. The van der Waals surface area contributed by atoms with Gasteiger partial charge in [-0.2, -0.15) is 0 Å². The number of thiophene rings is 1. The van der Waals surface area contributed by atoms with Crippen LogP contribution in [0.5, 0.6) is 0 Å². The minimum atomic E-state index is 0.161. The molecule has 10 radical (unpaired) electrons. The summed E-state index contributed by atoms with van der Waals surface area (Å²) in [4.78, 5) is 15.1. The normalized spacial score (nSPS) is 11.6. The maximum atomic E-state index is 6.74. The van der Waals surface area contributed by atoms with Gasteiger partial charge in [-0.05, 0) is 41.0 Å². The number of aromatic nitrogens is 3. The predicted molar refractivity (Wildman–Crippen MR) is 234 cm³/mol. The summed E-state index contributed by atoms with van der Waals surface area (Å²) in [5.74, 6) is 1.42. The van der Waals surface area contributed by atoms with E-state index in [4.69, 9.17) is 58.6 Å². The van der Waals surface area contributed by atoms with Crippen molar-refractivity contribution in [2.75, 3.05) is 0 Å². The molecule has 0 aliphatic heterocycles. The lowest BCUT2D eigenvalue weighted by atomic mass is 9.59. The van der Waals surface area contributed by atoms with E-state index >= 15 is 0 Å². The quantitative estimate of drug-likeness (QED) is 0.194. The van der Waals surface area contributed by atoms with Crippen LogP contribution in [0.25, 0.3) is 98.5 Å². The Morgan fingerprint density at radius 1 is 0.436 bits per heavy atom. The van der Waals surface area contributed by atoms with Gasteiger partial charge in [0.05, 0.1) is 5.56 Å². The average Bonchev–Trinajstić information content (AvgIpc) is 3.81. The van der Waals surface area contributed by atoms with Gasteiger partial charge in [0.2, 0.25) is 0 Å². The lowest BCUT2D eigenvalue weighted by Gasteiger charge is -2.21. The van der Waals surface area contributed by atoms with Gasteiger partial charge in [-0.25, -0.2) is 15.0 Å². The number of furan rings is 1. The molecule has 3 aromatic heterocycles. The van der Waals surface area contributed by atoms with E-state index in [0.717, 1.165) is 38.6 Å². The van der Waals surface area contributed by atoms with E-state index in [0.29, 0.717) is 39.7 Å². The Labute approximate surface area is 327 Å². The van der Waals surface area contributed by atoms with Gasteiger partial charge in [-0.1, -0.05) is 120 Å². The highest BCUT2D eigenvalue weighted by Crippen LogP contribution is 2.45. The van der Waals surface area contributed by atoms with Crippen LogP contribution in [0, 0.1) is 0 Å². The SMILES string of the molecule is [B]c1c([B])c([B])c(-c2cccc(-c3nc(-c4ccccc4)nc(-c4cccc5c4oc4cccc(-c6cccc7c6sc6ccccc67)c45)n3)c2)c([B])c1[B]. The van der Waals surface area contributed by atoms with Gasteiger partial charge in [-0.3, -0.25) is 0 Å². The number of nitrogens with zero attached hydrogens (tertiary/aromatic N) is 3. The smallest absolute Gasteiger partial charge is 0.167 e. The van der Waals surface area contributed by atoms with Crippen molar-refractivity contribution in [2.24, 2.45) is 0 Å². The predicted octanol–water partition coefficient (Wildman–Crippen LogP) is 6.44. The number of para-hydroxylation sites is 1. The standard InChI is InChI=1S/C45H22B5N3OS/c46-36-34(37(47)39(49)40(50)38(36)48)24-12-6-13-25(22-24)44-51-43(23-10-2-1-3-11-23)52-45(53-44)31-19-8-18-30-35-27(15-9-20-32(35)54-41(30)31)29-17-7-16-28-26-14-4-5-21-33(26)55-42(28)29/h1-22H. The molecule has 0 saturated heterocycles. The monoisotopic (exact) mass is 707 g/mol. The van der Waals surface area contributed by atoms with E-state index in [1.54, 1.807) is 0 Å². The van der Waals surface area contributed by atoms with E-state index in [1.807, 2.05) is 84.1 Å². The van der Waals surface area contributed by atoms with Crippen LogP contribution in [0.3, 0.4) is 0 Å². The molecule has 0 atom stereocenters. The van der Waals surface area contributed by atoms with Crippen LogP contribution in [0.2, 0.25) is 0 Å². The van der Waals surface area contributed by atoms with Gasteiger partial charge in [0.25, 0.3) is 0 Å². The first-order chi connectivity index (χ1) is 26.9. The first kappa shape index (κ1) is 33.5. The molecule has 0 amide bonds. The van der Waals surface area contributed by atoms with Gasteiger partial charge in [0.1, 0.15) is 50.4 Å². The molecule has 10 aromatic rings. The molecule has 3 heterocycles. The van der Waals surface area contributed by atoms with E-state index in [2.05, 4.69) is 60.7 Å². The van der Waals surface area contributed by atoms with Gasteiger partial charge in [-0.15, -0.1) is 27.7 Å². The van der Waals surface area contributed by atoms with Crippen molar-refractivity contribution in [1.29, 1.82) is 0 Å². The Kier molecular flexibility index (Phi) is 7.93. The van der Waals surface area contributed by atoms with Crippen LogP contribution < -0.4 is 27.3 Å². The number of hydrogen-bond acceptors (Lipinski definition) is 5. The Hall–Kier alpha value is -6.11. The highest BCUT2D eigenvalue weighted by Gasteiger charge is 2.21. The second kappa shape index (κ2) is 13.0. The molecule has 0 fully saturated rings. The second-order valence-electron chi connectivity index (χ2n) is 13.4. The van der Waals surface area contributed by atoms with Crippen molar-refractivity contribution >= 4 is 120 Å². The molecular formula is C45H22B5N3OS. The zero-order valence-corrected chi connectivity index (χ0v) is 30.1. The summed E-state index contributed by atoms with van der Waals surface area (Å²) >= 11 is 1.81. The van der Waals surface area contributed by atoms with Crippen molar-refractivity contribution < 1.29 is 4.42 Å². The summed E-state index contributed by atoms with van der Waals surface area (Å²) in [6.07, 6.45) is 0. The zero-order valence-electron chi connectivity index (χ0n) is 29.2. The molecule has 0 spiro atoms. The highest BCUT2D eigenvalue weighted by atomic mass is 32.1. The third-order valence-electron chi connectivity index (χ3n) is 10.2. The van der Waals surface area contributed by atoms with E-state index < -0.39 is 0 Å². The number of benzene rings is 7. The van der Waals surface area contributed by atoms with Gasteiger partial charge >= 0.3 is 0 Å². The first-order valence-electron chi connectivity index (χ1n) is 17.6. The van der Waals surface area contributed by atoms with Crippen LogP contribution >= 0.6 is 11.3 Å². The van der Waals surface area contributed by atoms with Crippen LogP contribution in [0.4, 0.5) is 0 Å². The molecule has 7 aromatic carbocycles. The first-order valence-corrected chi connectivity index (χ1v) is 18.5. The van der Waals surface area contributed by atoms with Crippen molar-refractivity contribution in [3.63, 3.8) is 0 Å². The van der Waals surface area contributed by atoms with Crippen molar-refractivity contribution in [3.05, 3.63) is 133 Å². The van der Waals surface area contributed by atoms with Crippen molar-refractivity contribution in [2.45, 2.75) is 0 Å².